The standard InChI is InChI=1S/C23H19ClF6N2O3S2/c1-32-8-7-16(12-32)35-19-10-15(5-6-18(19)23(28,29)30)31-37(33,34)20-11-17(21(24)36-20)13-3-2-4-14(9-13)22(25,26)27/h2-6,9-11,16,31H,7-8,12H2,1H3/t16-/m1/s1. The second kappa shape index (κ2) is 10.0. The van der Waals surface area contributed by atoms with Crippen molar-refractivity contribution in [1.29, 1.82) is 0 Å². The topological polar surface area (TPSA) is 58.6 Å². The predicted octanol–water partition coefficient (Wildman–Crippen LogP) is 6.99. The summed E-state index contributed by atoms with van der Waals surface area (Å²) >= 11 is 6.76. The average molecular weight is 585 g/mol. The highest BCUT2D eigenvalue weighted by atomic mass is 35.5. The highest BCUT2D eigenvalue weighted by molar-refractivity contribution is 7.94. The number of hydrogen-bond donors (Lipinski definition) is 1. The van der Waals surface area contributed by atoms with Crippen LogP contribution in [0.2, 0.25) is 4.34 Å². The molecule has 2 heterocycles. The number of likely N-dealkylation sites (tertiary alicyclic amines) is 1. The van der Waals surface area contributed by atoms with Crippen molar-refractivity contribution in [2.75, 3.05) is 24.9 Å². The van der Waals surface area contributed by atoms with Crippen LogP contribution in [0.15, 0.2) is 52.7 Å². The first kappa shape index (κ1) is 27.6. The molecule has 0 radical (unpaired) electrons. The van der Waals surface area contributed by atoms with E-state index >= 15 is 0 Å². The minimum absolute atomic E-state index is 0.0595. The Bertz CT molecular complexity index is 1410. The van der Waals surface area contributed by atoms with E-state index in [0.29, 0.717) is 30.8 Å². The highest BCUT2D eigenvalue weighted by Gasteiger charge is 2.36. The van der Waals surface area contributed by atoms with Gasteiger partial charge in [-0.15, -0.1) is 11.3 Å². The summed E-state index contributed by atoms with van der Waals surface area (Å²) in [6, 6.07) is 7.99. The number of likely N-dealkylation sites (N-methyl/N-ethyl adjacent to an activating group) is 1. The molecule has 1 saturated heterocycles. The van der Waals surface area contributed by atoms with Crippen molar-refractivity contribution in [1.82, 2.24) is 4.90 Å². The Morgan fingerprint density at radius 3 is 2.41 bits per heavy atom. The number of nitrogens with zero attached hydrogens (tertiary/aromatic N) is 1. The number of hydrogen-bond acceptors (Lipinski definition) is 5. The molecular formula is C23H19ClF6N2O3S2. The molecule has 2 aromatic carbocycles. The van der Waals surface area contributed by atoms with Gasteiger partial charge in [0.25, 0.3) is 10.0 Å². The summed E-state index contributed by atoms with van der Waals surface area (Å²) in [5.74, 6) is -0.512. The Morgan fingerprint density at radius 2 is 1.78 bits per heavy atom. The first-order chi connectivity index (χ1) is 17.1. The van der Waals surface area contributed by atoms with E-state index in [4.69, 9.17) is 16.3 Å². The van der Waals surface area contributed by atoms with Gasteiger partial charge in [0.1, 0.15) is 20.4 Å². The molecule has 0 saturated carbocycles. The smallest absolute Gasteiger partial charge is 0.419 e. The van der Waals surface area contributed by atoms with E-state index in [1.165, 1.54) is 12.1 Å². The van der Waals surface area contributed by atoms with Crippen molar-refractivity contribution < 1.29 is 39.5 Å². The maximum absolute atomic E-state index is 13.5. The Hall–Kier alpha value is -2.48. The van der Waals surface area contributed by atoms with E-state index in [9.17, 15) is 34.8 Å². The van der Waals surface area contributed by atoms with Gasteiger partial charge < -0.3 is 9.64 Å². The van der Waals surface area contributed by atoms with Gasteiger partial charge in [0.15, 0.2) is 0 Å². The molecule has 3 aromatic rings. The monoisotopic (exact) mass is 584 g/mol. The molecule has 0 aliphatic carbocycles. The predicted molar refractivity (Wildman–Crippen MR) is 129 cm³/mol. The normalized spacial score (nSPS) is 17.2. The zero-order valence-electron chi connectivity index (χ0n) is 19.0. The number of halogens is 7. The SMILES string of the molecule is CN1CC[C@@H](Oc2cc(NS(=O)(=O)c3cc(-c4cccc(C(F)(F)F)c4)c(Cl)s3)ccc2C(F)(F)F)C1. The second-order valence-electron chi connectivity index (χ2n) is 8.44. The maximum Gasteiger partial charge on any atom is 0.419 e. The number of benzene rings is 2. The molecule has 0 amide bonds. The van der Waals surface area contributed by atoms with Crippen LogP contribution in [-0.2, 0) is 22.4 Å². The average Bonchev–Trinajstić information content (AvgIpc) is 3.38. The van der Waals surface area contributed by atoms with Gasteiger partial charge in [-0.1, -0.05) is 23.7 Å². The summed E-state index contributed by atoms with van der Waals surface area (Å²) in [7, 11) is -2.54. The summed E-state index contributed by atoms with van der Waals surface area (Å²) in [4.78, 5) is 1.90. The van der Waals surface area contributed by atoms with Crippen molar-refractivity contribution in [3.63, 3.8) is 0 Å². The van der Waals surface area contributed by atoms with E-state index in [0.717, 1.165) is 36.4 Å². The van der Waals surface area contributed by atoms with Crippen LogP contribution in [0.4, 0.5) is 32.0 Å². The second-order valence-corrected chi connectivity index (χ2v) is 12.0. The summed E-state index contributed by atoms with van der Waals surface area (Å²) in [5.41, 5.74) is -2.03. The molecule has 1 aliphatic rings. The molecular weight excluding hydrogens is 566 g/mol. The van der Waals surface area contributed by atoms with Crippen LogP contribution < -0.4 is 9.46 Å². The molecule has 1 aliphatic heterocycles. The summed E-state index contributed by atoms with van der Waals surface area (Å²) in [6.07, 6.45) is -9.32. The quantitative estimate of drug-likeness (QED) is 0.317. The lowest BCUT2D eigenvalue weighted by atomic mass is 10.1. The molecule has 1 aromatic heterocycles. The Kier molecular flexibility index (Phi) is 7.45. The summed E-state index contributed by atoms with van der Waals surface area (Å²) < 4.78 is 113. The fourth-order valence-electron chi connectivity index (χ4n) is 3.83. The molecule has 1 fully saturated rings. The van der Waals surface area contributed by atoms with Crippen LogP contribution in [0, 0.1) is 0 Å². The largest absolute Gasteiger partial charge is 0.488 e. The molecule has 37 heavy (non-hydrogen) atoms. The van der Waals surface area contributed by atoms with Gasteiger partial charge >= 0.3 is 12.4 Å². The minimum Gasteiger partial charge on any atom is -0.488 e. The van der Waals surface area contributed by atoms with Crippen LogP contribution in [0.5, 0.6) is 5.75 Å². The van der Waals surface area contributed by atoms with Crippen molar-refractivity contribution >= 4 is 38.6 Å². The lowest BCUT2D eigenvalue weighted by molar-refractivity contribution is -0.139. The van der Waals surface area contributed by atoms with Gasteiger partial charge in [0.2, 0.25) is 0 Å². The minimum atomic E-state index is -4.72. The van der Waals surface area contributed by atoms with Crippen LogP contribution in [-0.4, -0.2) is 39.6 Å². The molecule has 0 bridgehead atoms. The van der Waals surface area contributed by atoms with Crippen LogP contribution >= 0.6 is 22.9 Å². The van der Waals surface area contributed by atoms with Gasteiger partial charge in [-0.3, -0.25) is 4.72 Å². The third kappa shape index (κ3) is 6.33. The van der Waals surface area contributed by atoms with Crippen LogP contribution in [0.1, 0.15) is 17.5 Å². The molecule has 4 rings (SSSR count). The third-order valence-electron chi connectivity index (χ3n) is 5.61. The van der Waals surface area contributed by atoms with Crippen molar-refractivity contribution in [2.45, 2.75) is 29.1 Å². The number of rotatable bonds is 6. The van der Waals surface area contributed by atoms with E-state index < -0.39 is 45.4 Å². The molecule has 0 unspecified atom stereocenters. The number of alkyl halides is 6. The van der Waals surface area contributed by atoms with E-state index in [1.54, 1.807) is 7.05 Å². The first-order valence-corrected chi connectivity index (χ1v) is 13.4. The fraction of sp³-hybridized carbons (Fsp3) is 0.304. The number of ether oxygens (including phenoxy) is 1. The van der Waals surface area contributed by atoms with Gasteiger partial charge in [0.05, 0.1) is 16.8 Å². The van der Waals surface area contributed by atoms with Gasteiger partial charge in [-0.05, 0) is 49.4 Å². The van der Waals surface area contributed by atoms with E-state index in [1.807, 2.05) is 4.90 Å². The Morgan fingerprint density at radius 1 is 1.05 bits per heavy atom. The molecule has 5 nitrogen and oxygen atoms in total. The van der Waals surface area contributed by atoms with Crippen molar-refractivity contribution in [3.05, 3.63) is 64.0 Å². The van der Waals surface area contributed by atoms with Crippen molar-refractivity contribution in [3.8, 4) is 16.9 Å². The lowest BCUT2D eigenvalue weighted by Gasteiger charge is -2.19. The molecule has 0 spiro atoms. The maximum atomic E-state index is 13.5. The van der Waals surface area contributed by atoms with Gasteiger partial charge in [-0.2, -0.15) is 26.3 Å². The number of thiophene rings is 1. The molecule has 200 valence electrons. The third-order valence-corrected chi connectivity index (χ3v) is 8.82. The summed E-state index contributed by atoms with van der Waals surface area (Å²) in [5, 5.41) is 0. The number of anilines is 1. The van der Waals surface area contributed by atoms with Crippen LogP contribution in [0.3, 0.4) is 0 Å². The Balaban J connectivity index is 1.63. The summed E-state index contributed by atoms with van der Waals surface area (Å²) in [6.45, 7) is 1.06. The Labute approximate surface area is 217 Å². The molecule has 14 heteroatoms. The molecule has 1 atom stereocenters. The first-order valence-electron chi connectivity index (χ1n) is 10.7. The van der Waals surface area contributed by atoms with Crippen molar-refractivity contribution in [2.24, 2.45) is 0 Å². The number of nitrogens with one attached hydrogen (secondary N) is 1. The fourth-order valence-corrected chi connectivity index (χ4v) is 6.65. The number of sulfonamides is 1. The van der Waals surface area contributed by atoms with E-state index in [-0.39, 0.29) is 25.4 Å². The molecule has 1 N–H and O–H groups in total. The van der Waals surface area contributed by atoms with Crippen LogP contribution in [0.25, 0.3) is 11.1 Å². The van der Waals surface area contributed by atoms with Gasteiger partial charge in [-0.25, -0.2) is 8.42 Å². The van der Waals surface area contributed by atoms with Gasteiger partial charge in [0, 0.05) is 24.7 Å². The zero-order valence-corrected chi connectivity index (χ0v) is 21.3. The van der Waals surface area contributed by atoms with E-state index in [2.05, 4.69) is 4.72 Å². The lowest BCUT2D eigenvalue weighted by Crippen LogP contribution is -2.23. The zero-order chi connectivity index (χ0) is 27.2. The highest BCUT2D eigenvalue weighted by Crippen LogP contribution is 2.42.